The summed E-state index contributed by atoms with van der Waals surface area (Å²) in [5, 5.41) is 13.6. The van der Waals surface area contributed by atoms with E-state index in [1.54, 1.807) is 19.2 Å². The lowest BCUT2D eigenvalue weighted by molar-refractivity contribution is -0.139. The van der Waals surface area contributed by atoms with Crippen molar-refractivity contribution in [2.75, 3.05) is 27.4 Å². The fourth-order valence-electron chi connectivity index (χ4n) is 2.90. The maximum absolute atomic E-state index is 11.3. The highest BCUT2D eigenvalue weighted by molar-refractivity contribution is 5.72. The van der Waals surface area contributed by atoms with Crippen LogP contribution in [0, 0.1) is 0 Å². The fourth-order valence-corrected chi connectivity index (χ4v) is 2.90. The Labute approximate surface area is 185 Å². The second-order valence-corrected chi connectivity index (χ2v) is 7.65. The molecule has 0 heterocycles. The Hall–Kier alpha value is -2.28. The molecule has 2 aromatic rings. The zero-order valence-corrected chi connectivity index (χ0v) is 18.7. The van der Waals surface area contributed by atoms with Crippen LogP contribution in [0.25, 0.3) is 0 Å². The molecule has 0 saturated carbocycles. The highest BCUT2D eigenvalue weighted by Gasteiger charge is 2.19. The normalized spacial score (nSPS) is 11.9. The Morgan fingerprint density at radius 3 is 2.13 bits per heavy atom. The molecule has 2 rings (SSSR count). The summed E-state index contributed by atoms with van der Waals surface area (Å²) in [5.41, 5.74) is 1.87. The van der Waals surface area contributed by atoms with Crippen molar-refractivity contribution < 1.29 is 36.5 Å². The van der Waals surface area contributed by atoms with Crippen LogP contribution in [0.1, 0.15) is 25.0 Å². The van der Waals surface area contributed by atoms with E-state index in [4.69, 9.17) is 9.47 Å². The summed E-state index contributed by atoms with van der Waals surface area (Å²) in [6.07, 6.45) is 0.415. The van der Waals surface area contributed by atoms with Gasteiger partial charge in [0.25, 0.3) is 0 Å². The molecule has 2 N–H and O–H groups in total. The van der Waals surface area contributed by atoms with E-state index in [2.05, 4.69) is 23.9 Å². The van der Waals surface area contributed by atoms with E-state index >= 15 is 0 Å². The van der Waals surface area contributed by atoms with Crippen molar-refractivity contribution in [3.63, 3.8) is 0 Å². The maximum Gasteiger partial charge on any atom is 0.309 e. The molecule has 2 aromatic carbocycles. The van der Waals surface area contributed by atoms with Gasteiger partial charge in [0.15, 0.2) is 0 Å². The van der Waals surface area contributed by atoms with Gasteiger partial charge in [0, 0.05) is 12.1 Å². The number of aliphatic hydroxyl groups excluding tert-OH is 1. The van der Waals surface area contributed by atoms with E-state index in [0.717, 1.165) is 17.7 Å². The minimum atomic E-state index is -0.639. The van der Waals surface area contributed by atoms with Crippen LogP contribution in [-0.2, 0) is 22.4 Å². The second-order valence-electron chi connectivity index (χ2n) is 7.65. The highest BCUT2D eigenvalue weighted by Crippen LogP contribution is 2.17. The Kier molecular flexibility index (Phi) is 10.7. The van der Waals surface area contributed by atoms with Crippen LogP contribution in [0.4, 0.5) is 0 Å². The summed E-state index contributed by atoms with van der Waals surface area (Å²) in [6.45, 7) is 4.81. The van der Waals surface area contributed by atoms with Gasteiger partial charge in [0.2, 0.25) is 0 Å². The van der Waals surface area contributed by atoms with Gasteiger partial charge in [-0.3, -0.25) is 4.79 Å². The number of hydrogen-bond donors (Lipinski definition) is 2. The predicted octanol–water partition coefficient (Wildman–Crippen LogP) is -0.235. The molecule has 7 heteroatoms. The number of aliphatic hydroxyl groups is 1. The van der Waals surface area contributed by atoms with Crippen molar-refractivity contribution in [2.24, 2.45) is 0 Å². The van der Waals surface area contributed by atoms with Gasteiger partial charge in [-0.25, -0.2) is 0 Å². The molecule has 166 valence electrons. The molecule has 0 aliphatic carbocycles. The second kappa shape index (κ2) is 12.4. The minimum Gasteiger partial charge on any atom is -1.00 e. The molecule has 0 spiro atoms. The lowest BCUT2D eigenvalue weighted by atomic mass is 9.94. The number of nitrogens with one attached hydrogen (secondary N) is 1. The van der Waals surface area contributed by atoms with Crippen molar-refractivity contribution in [1.29, 1.82) is 0 Å². The molecular formula is C23H31ClNO5-. The molecule has 0 fully saturated rings. The first-order valence-corrected chi connectivity index (χ1v) is 9.66. The fraction of sp³-hybridized carbons (Fsp3) is 0.435. The minimum absolute atomic E-state index is 0. The summed E-state index contributed by atoms with van der Waals surface area (Å²) in [7, 11) is 3.02. The van der Waals surface area contributed by atoms with E-state index in [9.17, 15) is 9.90 Å². The number of esters is 1. The summed E-state index contributed by atoms with van der Waals surface area (Å²) in [4.78, 5) is 11.3. The van der Waals surface area contributed by atoms with Crippen molar-refractivity contribution in [1.82, 2.24) is 5.32 Å². The molecule has 0 aliphatic rings. The van der Waals surface area contributed by atoms with Gasteiger partial charge >= 0.3 is 5.97 Å². The molecule has 0 radical (unpaired) electrons. The van der Waals surface area contributed by atoms with Gasteiger partial charge < -0.3 is 37.0 Å². The highest BCUT2D eigenvalue weighted by atomic mass is 35.5. The van der Waals surface area contributed by atoms with Crippen LogP contribution in [-0.4, -0.2) is 50.1 Å². The SMILES string of the molecule is COC(=O)Cc1ccc(OCC(O)CNC(C)(C)Cc2ccc(OC)cc2)cc1.[Cl-]. The number of hydrogen-bond acceptors (Lipinski definition) is 6. The van der Waals surface area contributed by atoms with E-state index in [1.165, 1.54) is 12.7 Å². The third-order valence-corrected chi connectivity index (χ3v) is 4.56. The summed E-state index contributed by atoms with van der Waals surface area (Å²) >= 11 is 0. The number of carbonyl (C=O) groups excluding carboxylic acids is 1. The van der Waals surface area contributed by atoms with E-state index < -0.39 is 6.10 Å². The largest absolute Gasteiger partial charge is 1.00 e. The Bertz CT molecular complexity index is 762. The van der Waals surface area contributed by atoms with Crippen molar-refractivity contribution in [2.45, 2.75) is 38.3 Å². The summed E-state index contributed by atoms with van der Waals surface area (Å²) < 4.78 is 15.5. The number of ether oxygens (including phenoxy) is 3. The monoisotopic (exact) mass is 436 g/mol. The average Bonchev–Trinajstić information content (AvgIpc) is 2.72. The molecular weight excluding hydrogens is 406 g/mol. The van der Waals surface area contributed by atoms with Crippen LogP contribution in [0.3, 0.4) is 0 Å². The predicted molar refractivity (Wildman–Crippen MR) is 112 cm³/mol. The van der Waals surface area contributed by atoms with Crippen LogP contribution >= 0.6 is 0 Å². The quantitative estimate of drug-likeness (QED) is 0.474. The van der Waals surface area contributed by atoms with Crippen molar-refractivity contribution in [3.8, 4) is 11.5 Å². The van der Waals surface area contributed by atoms with Crippen LogP contribution in [0.2, 0.25) is 0 Å². The van der Waals surface area contributed by atoms with Crippen molar-refractivity contribution >= 4 is 5.97 Å². The first-order chi connectivity index (χ1) is 13.8. The summed E-state index contributed by atoms with van der Waals surface area (Å²) in [6, 6.07) is 15.2. The molecule has 0 amide bonds. The van der Waals surface area contributed by atoms with Gasteiger partial charge in [-0.05, 0) is 55.7 Å². The molecule has 0 bridgehead atoms. The van der Waals surface area contributed by atoms with Crippen molar-refractivity contribution in [3.05, 3.63) is 59.7 Å². The molecule has 1 unspecified atom stereocenters. The van der Waals surface area contributed by atoms with Crippen LogP contribution in [0.15, 0.2) is 48.5 Å². The van der Waals surface area contributed by atoms with Gasteiger partial charge in [-0.15, -0.1) is 0 Å². The topological polar surface area (TPSA) is 77.0 Å². The zero-order valence-electron chi connectivity index (χ0n) is 18.0. The first-order valence-electron chi connectivity index (χ1n) is 9.66. The third-order valence-electron chi connectivity index (χ3n) is 4.56. The first kappa shape index (κ1) is 25.8. The van der Waals surface area contributed by atoms with E-state index in [-0.39, 0.29) is 36.9 Å². The third kappa shape index (κ3) is 9.03. The van der Waals surface area contributed by atoms with Gasteiger partial charge in [-0.2, -0.15) is 0 Å². The standard InChI is InChI=1S/C23H31NO5.ClH/c1-23(2,14-18-7-9-20(27-3)10-8-18)24-15-19(25)16-29-21-11-5-17(6-12-21)13-22(26)28-4;/h5-12,19,24-25H,13-16H2,1-4H3;1H/p-1. The number of rotatable bonds is 11. The van der Waals surface area contributed by atoms with Gasteiger partial charge in [0.05, 0.1) is 20.6 Å². The molecule has 0 aliphatic heterocycles. The van der Waals surface area contributed by atoms with Gasteiger partial charge in [0.1, 0.15) is 24.2 Å². The number of β-amino-alcohol motifs (C(OH)–C–C–N with tert-alkyl or cyclic N) is 1. The number of benzene rings is 2. The van der Waals surface area contributed by atoms with Crippen LogP contribution < -0.4 is 27.2 Å². The number of halogens is 1. The Balaban J connectivity index is 0.00000450. The zero-order chi connectivity index (χ0) is 21.3. The van der Waals surface area contributed by atoms with Gasteiger partial charge in [-0.1, -0.05) is 24.3 Å². The molecule has 6 nitrogen and oxygen atoms in total. The smallest absolute Gasteiger partial charge is 0.309 e. The molecule has 0 aromatic heterocycles. The lowest BCUT2D eigenvalue weighted by Gasteiger charge is -2.28. The van der Waals surface area contributed by atoms with E-state index in [1.807, 2.05) is 36.4 Å². The van der Waals surface area contributed by atoms with Crippen LogP contribution in [0.5, 0.6) is 11.5 Å². The molecule has 30 heavy (non-hydrogen) atoms. The maximum atomic E-state index is 11.3. The number of methoxy groups -OCH3 is 2. The Morgan fingerprint density at radius 2 is 1.57 bits per heavy atom. The Morgan fingerprint density at radius 1 is 1.00 bits per heavy atom. The number of carbonyl (C=O) groups is 1. The average molecular weight is 437 g/mol. The lowest BCUT2D eigenvalue weighted by Crippen LogP contribution is -3.00. The summed E-state index contributed by atoms with van der Waals surface area (Å²) in [5.74, 6) is 1.21. The molecule has 1 atom stereocenters. The van der Waals surface area contributed by atoms with E-state index in [0.29, 0.717) is 12.3 Å². The molecule has 0 saturated heterocycles.